The summed E-state index contributed by atoms with van der Waals surface area (Å²) in [5, 5.41) is 4.09. The quantitative estimate of drug-likeness (QED) is 0.591. The van der Waals surface area contributed by atoms with Crippen LogP contribution in [0.4, 0.5) is 0 Å². The summed E-state index contributed by atoms with van der Waals surface area (Å²) in [6.45, 7) is 3.59. The zero-order chi connectivity index (χ0) is 9.07. The third-order valence-electron chi connectivity index (χ3n) is 1.72. The van der Waals surface area contributed by atoms with E-state index in [2.05, 4.69) is 5.32 Å². The van der Waals surface area contributed by atoms with Crippen molar-refractivity contribution in [1.29, 1.82) is 0 Å². The lowest BCUT2D eigenvalue weighted by molar-refractivity contribution is -0.174. The summed E-state index contributed by atoms with van der Waals surface area (Å²) in [4.78, 5) is 16.1. The normalized spacial score (nSPS) is 11.4. The molecular formula is C7H16N2O2. The van der Waals surface area contributed by atoms with Gasteiger partial charge in [-0.15, -0.1) is 0 Å². The van der Waals surface area contributed by atoms with Crippen LogP contribution in [-0.4, -0.2) is 37.7 Å². The Labute approximate surface area is 67.5 Å². The lowest BCUT2D eigenvalue weighted by Crippen LogP contribution is -2.51. The number of carbonyl (C=O) groups is 1. The van der Waals surface area contributed by atoms with E-state index >= 15 is 0 Å². The van der Waals surface area contributed by atoms with E-state index in [4.69, 9.17) is 4.84 Å². The van der Waals surface area contributed by atoms with Gasteiger partial charge in [-0.25, -0.2) is 5.06 Å². The maximum absolute atomic E-state index is 11.4. The van der Waals surface area contributed by atoms with E-state index < -0.39 is 5.54 Å². The molecule has 0 unspecified atom stereocenters. The summed E-state index contributed by atoms with van der Waals surface area (Å²) in [5.41, 5.74) is -0.565. The molecule has 0 aromatic carbocycles. The monoisotopic (exact) mass is 160 g/mol. The molecule has 0 aromatic heterocycles. The van der Waals surface area contributed by atoms with Gasteiger partial charge < -0.3 is 5.32 Å². The fourth-order valence-corrected chi connectivity index (χ4v) is 0.583. The van der Waals surface area contributed by atoms with E-state index in [0.29, 0.717) is 0 Å². The van der Waals surface area contributed by atoms with Crippen molar-refractivity contribution in [1.82, 2.24) is 10.4 Å². The van der Waals surface area contributed by atoms with Crippen molar-refractivity contribution < 1.29 is 9.63 Å². The molecule has 0 aromatic rings. The number of amides is 1. The van der Waals surface area contributed by atoms with Gasteiger partial charge in [0, 0.05) is 7.05 Å². The number of carbonyl (C=O) groups excluding carboxylic acids is 1. The first kappa shape index (κ1) is 10.4. The first-order valence-corrected chi connectivity index (χ1v) is 3.47. The third kappa shape index (κ3) is 2.48. The Morgan fingerprint density at radius 2 is 2.00 bits per heavy atom. The first-order valence-electron chi connectivity index (χ1n) is 3.47. The average molecular weight is 160 g/mol. The second-order valence-corrected chi connectivity index (χ2v) is 2.86. The van der Waals surface area contributed by atoms with Crippen molar-refractivity contribution in [3.05, 3.63) is 0 Å². The minimum atomic E-state index is -0.565. The van der Waals surface area contributed by atoms with Gasteiger partial charge in [0.25, 0.3) is 5.91 Å². The minimum absolute atomic E-state index is 0.0949. The minimum Gasteiger partial charge on any atom is -0.307 e. The average Bonchev–Trinajstić information content (AvgIpc) is 2.01. The van der Waals surface area contributed by atoms with Crippen molar-refractivity contribution in [3.63, 3.8) is 0 Å². The molecule has 1 N–H and O–H groups in total. The van der Waals surface area contributed by atoms with Crippen molar-refractivity contribution >= 4 is 5.91 Å². The maximum atomic E-state index is 11.4. The molecule has 0 bridgehead atoms. The van der Waals surface area contributed by atoms with Gasteiger partial charge in [0.15, 0.2) is 0 Å². The molecule has 0 aliphatic heterocycles. The van der Waals surface area contributed by atoms with Crippen LogP contribution in [0.3, 0.4) is 0 Å². The lowest BCUT2D eigenvalue weighted by Gasteiger charge is -2.26. The van der Waals surface area contributed by atoms with Gasteiger partial charge in [-0.2, -0.15) is 0 Å². The summed E-state index contributed by atoms with van der Waals surface area (Å²) >= 11 is 0. The van der Waals surface area contributed by atoms with Crippen LogP contribution >= 0.6 is 0 Å². The highest BCUT2D eigenvalue weighted by atomic mass is 16.7. The van der Waals surface area contributed by atoms with Gasteiger partial charge in [-0.05, 0) is 20.9 Å². The number of nitrogens with one attached hydrogen (secondary N) is 1. The molecular weight excluding hydrogens is 144 g/mol. The zero-order valence-corrected chi connectivity index (χ0v) is 7.76. The number of hydrogen-bond acceptors (Lipinski definition) is 3. The molecule has 0 rings (SSSR count). The summed E-state index contributed by atoms with van der Waals surface area (Å²) in [6.07, 6.45) is 0. The molecule has 0 spiro atoms. The Kier molecular flexibility index (Phi) is 3.48. The lowest BCUT2D eigenvalue weighted by atomic mass is 10.1. The zero-order valence-electron chi connectivity index (χ0n) is 7.76. The number of hydroxylamine groups is 2. The van der Waals surface area contributed by atoms with Crippen molar-refractivity contribution in [2.24, 2.45) is 0 Å². The smallest absolute Gasteiger partial charge is 0.265 e. The topological polar surface area (TPSA) is 41.6 Å². The number of nitrogens with zero attached hydrogens (tertiary/aromatic N) is 1. The molecule has 4 heteroatoms. The molecule has 0 heterocycles. The van der Waals surface area contributed by atoms with Crippen molar-refractivity contribution in [2.75, 3.05) is 21.2 Å². The van der Waals surface area contributed by atoms with Crippen molar-refractivity contribution in [2.45, 2.75) is 19.4 Å². The van der Waals surface area contributed by atoms with Gasteiger partial charge in [0.2, 0.25) is 0 Å². The maximum Gasteiger partial charge on any atom is 0.265 e. The highest BCUT2D eigenvalue weighted by molar-refractivity contribution is 5.84. The Balaban J connectivity index is 4.23. The Morgan fingerprint density at radius 1 is 1.55 bits per heavy atom. The molecule has 0 fully saturated rings. The third-order valence-corrected chi connectivity index (χ3v) is 1.72. The van der Waals surface area contributed by atoms with Crippen LogP contribution in [0.15, 0.2) is 0 Å². The number of hydrogen-bond donors (Lipinski definition) is 1. The molecule has 0 aliphatic rings. The van der Waals surface area contributed by atoms with Crippen LogP contribution in [-0.2, 0) is 9.63 Å². The molecule has 4 nitrogen and oxygen atoms in total. The molecule has 0 radical (unpaired) electrons. The van der Waals surface area contributed by atoms with Gasteiger partial charge in [0.1, 0.15) is 0 Å². The van der Waals surface area contributed by atoms with E-state index in [-0.39, 0.29) is 5.91 Å². The van der Waals surface area contributed by atoms with E-state index in [9.17, 15) is 4.79 Å². The van der Waals surface area contributed by atoms with Crippen LogP contribution in [0.5, 0.6) is 0 Å². The fraction of sp³-hybridized carbons (Fsp3) is 0.857. The summed E-state index contributed by atoms with van der Waals surface area (Å²) in [5.74, 6) is -0.0949. The predicted octanol–water partition coefficient (Wildman–Crippen LogP) is 0.00420. The van der Waals surface area contributed by atoms with E-state index in [1.54, 1.807) is 27.9 Å². The Morgan fingerprint density at radius 3 is 2.27 bits per heavy atom. The first-order chi connectivity index (χ1) is 4.95. The molecule has 0 saturated carbocycles. The van der Waals surface area contributed by atoms with Gasteiger partial charge in [0.05, 0.1) is 12.6 Å². The van der Waals surface area contributed by atoms with Gasteiger partial charge in [-0.3, -0.25) is 9.63 Å². The number of likely N-dealkylation sites (N-methyl/N-ethyl adjacent to an activating group) is 2. The van der Waals surface area contributed by atoms with Crippen LogP contribution in [0.1, 0.15) is 13.8 Å². The standard InChI is InChI=1S/C7H16N2O2/c1-7(2,8-3)6(10)9(4)11-5/h8H,1-5H3. The van der Waals surface area contributed by atoms with Gasteiger partial charge >= 0.3 is 0 Å². The van der Waals surface area contributed by atoms with Gasteiger partial charge in [-0.1, -0.05) is 0 Å². The number of rotatable bonds is 3. The Hall–Kier alpha value is -0.610. The van der Waals surface area contributed by atoms with Crippen LogP contribution in [0.2, 0.25) is 0 Å². The SMILES string of the molecule is CNC(C)(C)C(=O)N(C)OC. The molecule has 0 atom stereocenters. The summed E-state index contributed by atoms with van der Waals surface area (Å²) in [6, 6.07) is 0. The summed E-state index contributed by atoms with van der Waals surface area (Å²) in [7, 11) is 4.78. The van der Waals surface area contributed by atoms with E-state index in [1.807, 2.05) is 0 Å². The second kappa shape index (κ2) is 3.69. The molecule has 1 amide bonds. The van der Waals surface area contributed by atoms with E-state index in [1.165, 1.54) is 12.2 Å². The van der Waals surface area contributed by atoms with Crippen LogP contribution in [0, 0.1) is 0 Å². The summed E-state index contributed by atoms with van der Waals surface area (Å²) < 4.78 is 0. The Bertz CT molecular complexity index is 145. The van der Waals surface area contributed by atoms with E-state index in [0.717, 1.165) is 0 Å². The molecule has 11 heavy (non-hydrogen) atoms. The highest BCUT2D eigenvalue weighted by Crippen LogP contribution is 2.04. The van der Waals surface area contributed by atoms with Crippen LogP contribution in [0.25, 0.3) is 0 Å². The predicted molar refractivity (Wildman–Crippen MR) is 42.9 cm³/mol. The highest BCUT2D eigenvalue weighted by Gasteiger charge is 2.28. The second-order valence-electron chi connectivity index (χ2n) is 2.86. The largest absolute Gasteiger partial charge is 0.307 e. The molecule has 0 saturated heterocycles. The van der Waals surface area contributed by atoms with Crippen LogP contribution < -0.4 is 5.32 Å². The fourth-order valence-electron chi connectivity index (χ4n) is 0.583. The van der Waals surface area contributed by atoms with Crippen molar-refractivity contribution in [3.8, 4) is 0 Å². The molecule has 0 aliphatic carbocycles. The molecule has 66 valence electrons.